The van der Waals surface area contributed by atoms with Crippen LogP contribution < -0.4 is 5.73 Å². The topological polar surface area (TPSA) is 106 Å². The predicted octanol–water partition coefficient (Wildman–Crippen LogP) is 1.02. The number of thioether (sulfide) groups is 1. The molecule has 3 rings (SSSR count). The number of nitrogens with two attached hydrogens (primary N) is 1. The van der Waals surface area contributed by atoms with Crippen LogP contribution in [-0.2, 0) is 4.74 Å². The summed E-state index contributed by atoms with van der Waals surface area (Å²) in [4.78, 5) is 8.49. The third kappa shape index (κ3) is 3.16. The van der Waals surface area contributed by atoms with E-state index in [9.17, 15) is 10.2 Å². The maximum Gasteiger partial charge on any atom is 0.165 e. The first-order chi connectivity index (χ1) is 11.0. The van der Waals surface area contributed by atoms with Crippen LogP contribution in [0.2, 0.25) is 0 Å². The molecule has 126 valence electrons. The maximum atomic E-state index is 10.3. The summed E-state index contributed by atoms with van der Waals surface area (Å²) < 4.78 is 7.51. The first-order valence-electron chi connectivity index (χ1n) is 7.65. The highest BCUT2D eigenvalue weighted by Crippen LogP contribution is 2.33. The molecular formula is C15H22N4O3S. The molecule has 1 fully saturated rings. The van der Waals surface area contributed by atoms with Gasteiger partial charge in [-0.05, 0) is 17.7 Å². The van der Waals surface area contributed by atoms with Crippen LogP contribution in [0.5, 0.6) is 0 Å². The molecule has 1 aliphatic rings. The number of aromatic nitrogens is 3. The highest BCUT2D eigenvalue weighted by Gasteiger charge is 2.44. The second-order valence-corrected chi connectivity index (χ2v) is 7.28. The van der Waals surface area contributed by atoms with Gasteiger partial charge in [-0.3, -0.25) is 4.57 Å². The van der Waals surface area contributed by atoms with Gasteiger partial charge in [-0.25, -0.2) is 9.97 Å². The molecule has 8 heteroatoms. The standard InChI is InChI=1S/C15H22N4O3S/c1-8(2)5-23-6-10-12(20)13(21)15(22-10)19-7-18-11-9(16)3-4-17-14(11)19/h3-4,7-8,10,12-13,15,20-21H,5-6H2,1-2H3,(H2,16,17). The predicted molar refractivity (Wildman–Crippen MR) is 90.0 cm³/mol. The van der Waals surface area contributed by atoms with Crippen molar-refractivity contribution in [3.05, 3.63) is 18.6 Å². The lowest BCUT2D eigenvalue weighted by atomic mass is 10.1. The zero-order valence-corrected chi connectivity index (χ0v) is 14.0. The van der Waals surface area contributed by atoms with E-state index < -0.39 is 24.5 Å². The minimum atomic E-state index is -1.03. The number of nitrogens with zero attached hydrogens (tertiary/aromatic N) is 3. The van der Waals surface area contributed by atoms with Crippen molar-refractivity contribution in [1.82, 2.24) is 14.5 Å². The van der Waals surface area contributed by atoms with Crippen LogP contribution in [-0.4, -0.2) is 54.6 Å². The summed E-state index contributed by atoms with van der Waals surface area (Å²) in [6.07, 6.45) is 0.0339. The number of nitrogen functional groups attached to an aromatic ring is 1. The molecule has 2 aromatic rings. The quantitative estimate of drug-likeness (QED) is 0.747. The van der Waals surface area contributed by atoms with Crippen molar-refractivity contribution < 1.29 is 14.9 Å². The molecule has 0 aliphatic carbocycles. The molecule has 0 bridgehead atoms. The SMILES string of the molecule is CC(C)CSCC1OC(n2cnc3c(N)ccnc32)C(O)C1O. The second-order valence-electron chi connectivity index (χ2n) is 6.20. The Morgan fingerprint density at radius 2 is 2.13 bits per heavy atom. The van der Waals surface area contributed by atoms with Crippen molar-refractivity contribution in [2.45, 2.75) is 38.4 Å². The van der Waals surface area contributed by atoms with Crippen molar-refractivity contribution in [1.29, 1.82) is 0 Å². The Balaban J connectivity index is 1.78. The summed E-state index contributed by atoms with van der Waals surface area (Å²) in [7, 11) is 0. The molecule has 4 atom stereocenters. The van der Waals surface area contributed by atoms with Gasteiger partial charge in [-0.1, -0.05) is 13.8 Å². The van der Waals surface area contributed by atoms with Crippen LogP contribution >= 0.6 is 11.8 Å². The average molecular weight is 338 g/mol. The molecule has 0 amide bonds. The molecule has 4 N–H and O–H groups in total. The molecule has 7 nitrogen and oxygen atoms in total. The van der Waals surface area contributed by atoms with Gasteiger partial charge in [0.15, 0.2) is 11.9 Å². The van der Waals surface area contributed by atoms with Crippen molar-refractivity contribution in [2.24, 2.45) is 5.92 Å². The fraction of sp³-hybridized carbons (Fsp3) is 0.600. The van der Waals surface area contributed by atoms with Gasteiger partial charge in [-0.2, -0.15) is 11.8 Å². The van der Waals surface area contributed by atoms with E-state index in [0.717, 1.165) is 5.75 Å². The number of rotatable bonds is 5. The molecule has 4 unspecified atom stereocenters. The van der Waals surface area contributed by atoms with Gasteiger partial charge in [-0.15, -0.1) is 0 Å². The molecule has 0 aromatic carbocycles. The minimum Gasteiger partial charge on any atom is -0.397 e. The third-order valence-electron chi connectivity index (χ3n) is 3.84. The van der Waals surface area contributed by atoms with E-state index in [1.165, 1.54) is 6.33 Å². The van der Waals surface area contributed by atoms with Gasteiger partial charge in [0.2, 0.25) is 0 Å². The van der Waals surface area contributed by atoms with Crippen LogP contribution in [0, 0.1) is 5.92 Å². The smallest absolute Gasteiger partial charge is 0.165 e. The number of ether oxygens (including phenoxy) is 1. The highest BCUT2D eigenvalue weighted by molar-refractivity contribution is 7.99. The number of aliphatic hydroxyl groups excluding tert-OH is 2. The molecule has 1 saturated heterocycles. The van der Waals surface area contributed by atoms with E-state index in [1.54, 1.807) is 28.6 Å². The summed E-state index contributed by atoms with van der Waals surface area (Å²) >= 11 is 1.71. The number of hydrogen-bond donors (Lipinski definition) is 3. The molecule has 0 radical (unpaired) electrons. The molecule has 23 heavy (non-hydrogen) atoms. The Morgan fingerprint density at radius 3 is 2.87 bits per heavy atom. The van der Waals surface area contributed by atoms with Crippen molar-refractivity contribution in [3.63, 3.8) is 0 Å². The summed E-state index contributed by atoms with van der Waals surface area (Å²) in [5.41, 5.74) is 7.50. The molecule has 2 aromatic heterocycles. The van der Waals surface area contributed by atoms with Gasteiger partial charge >= 0.3 is 0 Å². The van der Waals surface area contributed by atoms with Gasteiger partial charge in [0, 0.05) is 11.9 Å². The van der Waals surface area contributed by atoms with Crippen LogP contribution in [0.1, 0.15) is 20.1 Å². The van der Waals surface area contributed by atoms with E-state index >= 15 is 0 Å². The summed E-state index contributed by atoms with van der Waals surface area (Å²) in [6.45, 7) is 4.29. The molecule has 1 aliphatic heterocycles. The monoisotopic (exact) mass is 338 g/mol. The third-order valence-corrected chi connectivity index (χ3v) is 5.30. The Hall–Kier alpha value is -1.35. The minimum absolute atomic E-state index is 0.419. The maximum absolute atomic E-state index is 10.3. The van der Waals surface area contributed by atoms with Crippen molar-refractivity contribution in [3.8, 4) is 0 Å². The normalized spacial score (nSPS) is 28.0. The van der Waals surface area contributed by atoms with Crippen LogP contribution in [0.25, 0.3) is 11.2 Å². The van der Waals surface area contributed by atoms with E-state index in [0.29, 0.717) is 28.5 Å². The summed E-state index contributed by atoms with van der Waals surface area (Å²) in [5.74, 6) is 2.19. The highest BCUT2D eigenvalue weighted by atomic mass is 32.2. The lowest BCUT2D eigenvalue weighted by Gasteiger charge is -2.16. The number of imidazole rings is 1. The molecule has 0 spiro atoms. The van der Waals surface area contributed by atoms with Crippen molar-refractivity contribution in [2.75, 3.05) is 17.2 Å². The number of pyridine rings is 1. The lowest BCUT2D eigenvalue weighted by molar-refractivity contribution is -0.0289. The van der Waals surface area contributed by atoms with Gasteiger partial charge < -0.3 is 20.7 Å². The van der Waals surface area contributed by atoms with Crippen molar-refractivity contribution >= 4 is 28.6 Å². The van der Waals surface area contributed by atoms with E-state index in [2.05, 4.69) is 23.8 Å². The first kappa shape index (κ1) is 16.5. The second kappa shape index (κ2) is 6.64. The Morgan fingerprint density at radius 1 is 1.35 bits per heavy atom. The largest absolute Gasteiger partial charge is 0.397 e. The number of fused-ring (bicyclic) bond motifs is 1. The first-order valence-corrected chi connectivity index (χ1v) is 8.81. The average Bonchev–Trinajstić information content (AvgIpc) is 3.04. The lowest BCUT2D eigenvalue weighted by Crippen LogP contribution is -2.32. The molecule has 0 saturated carbocycles. The summed E-state index contributed by atoms with van der Waals surface area (Å²) in [5, 5.41) is 20.6. The van der Waals surface area contributed by atoms with E-state index in [1.807, 2.05) is 0 Å². The number of aliphatic hydroxyl groups is 2. The molecular weight excluding hydrogens is 316 g/mol. The summed E-state index contributed by atoms with van der Waals surface area (Å²) in [6, 6.07) is 1.67. The number of hydrogen-bond acceptors (Lipinski definition) is 7. The van der Waals surface area contributed by atoms with Crippen LogP contribution in [0.4, 0.5) is 5.69 Å². The van der Waals surface area contributed by atoms with Crippen LogP contribution in [0.3, 0.4) is 0 Å². The van der Waals surface area contributed by atoms with Gasteiger partial charge in [0.25, 0.3) is 0 Å². The fourth-order valence-corrected chi connectivity index (χ4v) is 3.77. The fourth-order valence-electron chi connectivity index (χ4n) is 2.66. The van der Waals surface area contributed by atoms with E-state index in [-0.39, 0.29) is 0 Å². The van der Waals surface area contributed by atoms with Crippen LogP contribution in [0.15, 0.2) is 18.6 Å². The van der Waals surface area contributed by atoms with Gasteiger partial charge in [0.05, 0.1) is 18.1 Å². The molecule has 3 heterocycles. The Labute approximate surface area is 138 Å². The number of anilines is 1. The zero-order chi connectivity index (χ0) is 16.6. The van der Waals surface area contributed by atoms with Gasteiger partial charge in [0.1, 0.15) is 17.7 Å². The van der Waals surface area contributed by atoms with E-state index in [4.69, 9.17) is 10.5 Å². The zero-order valence-electron chi connectivity index (χ0n) is 13.2. The Kier molecular flexibility index (Phi) is 4.77. The Bertz CT molecular complexity index is 678.